The highest BCUT2D eigenvalue weighted by Gasteiger charge is 2.35. The molecule has 1 aromatic heterocycles. The van der Waals surface area contributed by atoms with Crippen molar-refractivity contribution in [2.45, 2.75) is 19.6 Å². The SMILES string of the molecule is [2H]c1nc([2H])n(C([2H])([2H])[2H])c1C([2H])([2H])[C@@]1([2H])C([2H])([2H])OC(=O)[C@@]1([2H])CC([2H])([2H])[2H]. The van der Waals surface area contributed by atoms with Crippen molar-refractivity contribution in [1.29, 1.82) is 0 Å². The fourth-order valence-corrected chi connectivity index (χ4v) is 1.01. The van der Waals surface area contributed by atoms with Crippen molar-refractivity contribution in [1.82, 2.24) is 9.55 Å². The summed E-state index contributed by atoms with van der Waals surface area (Å²) in [5.74, 6) is -8.84. The molecule has 0 aromatic carbocycles. The number of nitrogens with zero attached hydrogens (tertiary/aromatic N) is 2. The normalized spacial score (nSPS) is 55.1. The van der Waals surface area contributed by atoms with Gasteiger partial charge in [0.1, 0.15) is 1.37 Å². The molecule has 0 saturated carbocycles. The molecule has 0 radical (unpaired) electrons. The number of hydrogen-bond donors (Lipinski definition) is 0. The van der Waals surface area contributed by atoms with Gasteiger partial charge in [-0.15, -0.1) is 0 Å². The Bertz CT molecular complexity index is 842. The maximum absolute atomic E-state index is 12.3. The molecule has 0 unspecified atom stereocenters. The summed E-state index contributed by atoms with van der Waals surface area (Å²) in [5, 5.41) is 0. The van der Waals surface area contributed by atoms with Crippen LogP contribution in [0.15, 0.2) is 12.5 Å². The van der Waals surface area contributed by atoms with E-state index in [0.717, 1.165) is 0 Å². The van der Waals surface area contributed by atoms with E-state index >= 15 is 0 Å². The smallest absolute Gasteiger partial charge is 0.309 e. The largest absolute Gasteiger partial charge is 0.465 e. The minimum absolute atomic E-state index is 0.0414. The van der Waals surface area contributed by atoms with Gasteiger partial charge >= 0.3 is 5.97 Å². The number of esters is 1. The fraction of sp³-hybridized carbons (Fsp3) is 0.636. The molecule has 1 fully saturated rings. The number of cyclic esters (lactones) is 1. The van der Waals surface area contributed by atoms with Gasteiger partial charge in [-0.2, -0.15) is 0 Å². The molecule has 2 atom stereocenters. The second kappa shape index (κ2) is 4.04. The van der Waals surface area contributed by atoms with Gasteiger partial charge in [0.15, 0.2) is 0 Å². The van der Waals surface area contributed by atoms with Crippen LogP contribution in [0.2, 0.25) is 0 Å². The predicted molar refractivity (Wildman–Crippen MR) is 55.1 cm³/mol. The highest BCUT2D eigenvalue weighted by Crippen LogP contribution is 2.27. The van der Waals surface area contributed by atoms with Crippen molar-refractivity contribution in [2.75, 3.05) is 6.56 Å². The highest BCUT2D eigenvalue weighted by atomic mass is 16.5. The molecule has 15 heavy (non-hydrogen) atoms. The van der Waals surface area contributed by atoms with E-state index in [0.29, 0.717) is 0 Å². The summed E-state index contributed by atoms with van der Waals surface area (Å²) in [7, 11) is 0. The van der Waals surface area contributed by atoms with Crippen LogP contribution >= 0.6 is 0 Å². The van der Waals surface area contributed by atoms with Crippen LogP contribution in [0.1, 0.15) is 38.2 Å². The molecule has 2 rings (SSSR count). The van der Waals surface area contributed by atoms with E-state index in [4.69, 9.17) is 19.2 Å². The molecule has 0 bridgehead atoms. The number of aromatic nitrogens is 2. The molecule has 4 heteroatoms. The zero-order valence-corrected chi connectivity index (χ0v) is 7.42. The molecule has 0 aliphatic carbocycles. The molecule has 4 nitrogen and oxygen atoms in total. The van der Waals surface area contributed by atoms with Crippen LogP contribution in [0.3, 0.4) is 0 Å². The van der Waals surface area contributed by atoms with Gasteiger partial charge in [0.05, 0.1) is 22.9 Å². The Kier molecular flexibility index (Phi) is 0.721. The van der Waals surface area contributed by atoms with E-state index in [9.17, 15) is 4.79 Å². The molecule has 1 aliphatic rings. The summed E-state index contributed by atoms with van der Waals surface area (Å²) in [4.78, 5) is 15.5. The molecule has 2 heterocycles. The average molecular weight is 222 g/mol. The van der Waals surface area contributed by atoms with Crippen molar-refractivity contribution < 1.29 is 28.7 Å². The summed E-state index contributed by atoms with van der Waals surface area (Å²) in [6.45, 7) is -9.95. The van der Waals surface area contributed by atoms with E-state index in [-0.39, 0.29) is 4.57 Å². The zero-order chi connectivity index (χ0) is 23.0. The van der Waals surface area contributed by atoms with Crippen LogP contribution in [0.5, 0.6) is 0 Å². The lowest BCUT2D eigenvalue weighted by atomic mass is 9.89. The van der Waals surface area contributed by atoms with E-state index in [1.165, 1.54) is 0 Å². The first-order chi connectivity index (χ1) is 12.6. The van der Waals surface area contributed by atoms with Gasteiger partial charge in [-0.3, -0.25) is 4.79 Å². The highest BCUT2D eigenvalue weighted by molar-refractivity contribution is 5.74. The third-order valence-corrected chi connectivity index (χ3v) is 1.75. The monoisotopic (exact) mass is 222 g/mol. The Balaban J connectivity index is 2.90. The zero-order valence-electron chi connectivity index (χ0n) is 21.4. The van der Waals surface area contributed by atoms with Crippen LogP contribution in [-0.2, 0) is 22.9 Å². The van der Waals surface area contributed by atoms with E-state index in [2.05, 4.69) is 9.72 Å². The van der Waals surface area contributed by atoms with Gasteiger partial charge in [-0.1, -0.05) is 6.85 Å². The molecule has 82 valence electrons. The second-order valence-corrected chi connectivity index (χ2v) is 2.65. The third kappa shape index (κ3) is 1.89. The first-order valence-corrected chi connectivity index (χ1v) is 3.94. The van der Waals surface area contributed by atoms with Crippen molar-refractivity contribution in [3.63, 3.8) is 0 Å². The standard InChI is InChI=1S/C11H16N2O2/c1-3-10-8(6-15-11(10)14)4-9-5-12-7-13(9)2/h5,7-8,10H,3-4,6H2,1-2H3/t8-,10-/m0/s1/i1D3,2D3,4D2,5D,6D2,7D,8D,10D. The fourth-order valence-electron chi connectivity index (χ4n) is 1.01. The van der Waals surface area contributed by atoms with Crippen molar-refractivity contribution in [2.24, 2.45) is 18.8 Å². The lowest BCUT2D eigenvalue weighted by molar-refractivity contribution is -0.141. The number of hydrogen-bond acceptors (Lipinski definition) is 3. The summed E-state index contributed by atoms with van der Waals surface area (Å²) in [5.41, 5.74) is -1.28. The van der Waals surface area contributed by atoms with Gasteiger partial charge in [-0.05, 0) is 12.8 Å². The Morgan fingerprint density at radius 2 is 3.00 bits per heavy atom. The van der Waals surface area contributed by atoms with Crippen molar-refractivity contribution >= 4 is 5.97 Å². The van der Waals surface area contributed by atoms with Crippen LogP contribution in [0, 0.1) is 11.8 Å². The van der Waals surface area contributed by atoms with E-state index < -0.39 is 69.1 Å². The number of ether oxygens (including phenoxy) is 1. The van der Waals surface area contributed by atoms with Crippen LogP contribution in [-0.4, -0.2) is 22.1 Å². The van der Waals surface area contributed by atoms with Gasteiger partial charge in [0.25, 0.3) is 0 Å². The van der Waals surface area contributed by atoms with E-state index in [1.807, 2.05) is 0 Å². The number of carbonyl (C=O) groups excluding carboxylic acids is 1. The molecule has 0 amide bonds. The molecular formula is C11H16N2O2. The third-order valence-electron chi connectivity index (χ3n) is 1.75. The van der Waals surface area contributed by atoms with Gasteiger partial charge in [0.2, 0.25) is 0 Å². The lowest BCUT2D eigenvalue weighted by Crippen LogP contribution is -2.18. The minimum Gasteiger partial charge on any atom is -0.465 e. The van der Waals surface area contributed by atoms with E-state index in [1.54, 1.807) is 0 Å². The summed E-state index contributed by atoms with van der Waals surface area (Å²) < 4.78 is 113. The van der Waals surface area contributed by atoms with Gasteiger partial charge in [0, 0.05) is 38.4 Å². The number of carbonyl (C=O) groups is 1. The summed E-state index contributed by atoms with van der Waals surface area (Å²) >= 11 is 0. The van der Waals surface area contributed by atoms with Crippen LogP contribution < -0.4 is 0 Å². The molecule has 0 N–H and O–H groups in total. The Labute approximate surface area is 109 Å². The van der Waals surface area contributed by atoms with Crippen LogP contribution in [0.4, 0.5) is 0 Å². The van der Waals surface area contributed by atoms with Crippen LogP contribution in [0.25, 0.3) is 0 Å². The quantitative estimate of drug-likeness (QED) is 0.721. The lowest BCUT2D eigenvalue weighted by Gasteiger charge is -2.12. The molecule has 1 aliphatic heterocycles. The minimum atomic E-state index is -3.68. The Hall–Kier alpha value is -1.32. The van der Waals surface area contributed by atoms with Crippen molar-refractivity contribution in [3.8, 4) is 0 Å². The number of imidazole rings is 1. The molecular weight excluding hydrogens is 192 g/mol. The van der Waals surface area contributed by atoms with Crippen molar-refractivity contribution in [3.05, 3.63) is 18.2 Å². The van der Waals surface area contributed by atoms with Gasteiger partial charge in [-0.25, -0.2) is 4.98 Å². The maximum atomic E-state index is 12.3. The molecule has 1 saturated heterocycles. The Morgan fingerprint density at radius 1 is 2.07 bits per heavy atom. The molecule has 0 spiro atoms. The number of rotatable bonds is 3. The van der Waals surface area contributed by atoms with Gasteiger partial charge < -0.3 is 9.30 Å². The topological polar surface area (TPSA) is 44.1 Å². The first kappa shape index (κ1) is 2.67. The predicted octanol–water partition coefficient (Wildman–Crippen LogP) is 1.16. The molecule has 1 aromatic rings. The summed E-state index contributed by atoms with van der Waals surface area (Å²) in [6, 6.07) is 0. The Morgan fingerprint density at radius 3 is 3.80 bits per heavy atom. The first-order valence-electron chi connectivity index (χ1n) is 10.9. The second-order valence-electron chi connectivity index (χ2n) is 2.65. The maximum Gasteiger partial charge on any atom is 0.309 e. The average Bonchev–Trinajstić information content (AvgIpc) is 2.83. The summed E-state index contributed by atoms with van der Waals surface area (Å²) in [6.07, 6.45) is -7.40.